The molecule has 1 unspecified atom stereocenters. The quantitative estimate of drug-likeness (QED) is 0.458. The van der Waals surface area contributed by atoms with Gasteiger partial charge in [0.05, 0.1) is 31.6 Å². The van der Waals surface area contributed by atoms with Crippen molar-refractivity contribution in [3.63, 3.8) is 0 Å². The normalized spacial score (nSPS) is 11.9. The maximum absolute atomic E-state index is 13.8. The fraction of sp³-hybridized carbons (Fsp3) is 0.182. The molecule has 0 bridgehead atoms. The highest BCUT2D eigenvalue weighted by Gasteiger charge is 2.17. The molecule has 3 aromatic heterocycles. The van der Waals surface area contributed by atoms with Gasteiger partial charge in [-0.3, -0.25) is 9.48 Å². The monoisotopic (exact) mass is 436 g/mol. The lowest BCUT2D eigenvalue weighted by atomic mass is 10.1. The van der Waals surface area contributed by atoms with E-state index in [9.17, 15) is 14.3 Å². The van der Waals surface area contributed by atoms with Crippen LogP contribution in [0.3, 0.4) is 0 Å². The summed E-state index contributed by atoms with van der Waals surface area (Å²) in [7, 11) is 3.15. The van der Waals surface area contributed by atoms with Gasteiger partial charge in [0.25, 0.3) is 5.56 Å². The van der Waals surface area contributed by atoms with Crippen molar-refractivity contribution in [2.75, 3.05) is 19.0 Å². The minimum Gasteiger partial charge on any atom is -0.494 e. The Kier molecular flexibility index (Phi) is 5.95. The van der Waals surface area contributed by atoms with Gasteiger partial charge in [0.15, 0.2) is 11.6 Å². The maximum Gasteiger partial charge on any atom is 0.251 e. The minimum atomic E-state index is -0.696. The molecule has 0 aliphatic rings. The van der Waals surface area contributed by atoms with Crippen LogP contribution in [-0.4, -0.2) is 43.1 Å². The molecule has 0 fully saturated rings. The number of hydrogen-bond donors (Lipinski definition) is 2. The van der Waals surface area contributed by atoms with Gasteiger partial charge in [-0.15, -0.1) is 0 Å². The van der Waals surface area contributed by atoms with Gasteiger partial charge in [-0.2, -0.15) is 5.10 Å². The van der Waals surface area contributed by atoms with Crippen LogP contribution in [0.5, 0.6) is 5.75 Å². The number of nitrogens with zero attached hydrogens (tertiary/aromatic N) is 5. The fourth-order valence-electron chi connectivity index (χ4n) is 3.33. The van der Waals surface area contributed by atoms with E-state index in [0.717, 1.165) is 5.82 Å². The summed E-state index contributed by atoms with van der Waals surface area (Å²) in [6, 6.07) is 10.2. The number of nitrogens with one attached hydrogen (secondary N) is 1. The average molecular weight is 436 g/mol. The molecule has 10 heteroatoms. The van der Waals surface area contributed by atoms with E-state index in [4.69, 9.17) is 4.74 Å². The Labute approximate surface area is 182 Å². The second-order valence-electron chi connectivity index (χ2n) is 6.98. The summed E-state index contributed by atoms with van der Waals surface area (Å²) in [4.78, 5) is 21.5. The molecular weight excluding hydrogens is 415 g/mol. The van der Waals surface area contributed by atoms with E-state index in [0.29, 0.717) is 22.8 Å². The number of aryl methyl sites for hydroxylation is 1. The summed E-state index contributed by atoms with van der Waals surface area (Å²) < 4.78 is 21.8. The maximum atomic E-state index is 13.8. The lowest BCUT2D eigenvalue weighted by Crippen LogP contribution is -2.27. The van der Waals surface area contributed by atoms with Crippen molar-refractivity contribution in [1.82, 2.24) is 24.3 Å². The van der Waals surface area contributed by atoms with Gasteiger partial charge in [-0.25, -0.2) is 14.4 Å². The third-order valence-corrected chi connectivity index (χ3v) is 5.03. The molecule has 0 saturated heterocycles. The van der Waals surface area contributed by atoms with Crippen LogP contribution in [-0.2, 0) is 7.05 Å². The summed E-state index contributed by atoms with van der Waals surface area (Å²) in [5.74, 6) is 0.606. The smallest absolute Gasteiger partial charge is 0.251 e. The van der Waals surface area contributed by atoms with Crippen molar-refractivity contribution >= 4 is 11.8 Å². The van der Waals surface area contributed by atoms with Crippen molar-refractivity contribution in [2.45, 2.75) is 6.04 Å². The van der Waals surface area contributed by atoms with Crippen molar-refractivity contribution in [2.24, 2.45) is 7.05 Å². The van der Waals surface area contributed by atoms with Crippen molar-refractivity contribution in [1.29, 1.82) is 0 Å². The van der Waals surface area contributed by atoms with Crippen LogP contribution in [0.1, 0.15) is 11.6 Å². The summed E-state index contributed by atoms with van der Waals surface area (Å²) >= 11 is 0. The molecule has 1 aromatic carbocycles. The Morgan fingerprint density at radius 2 is 2.03 bits per heavy atom. The standard InChI is InChI=1S/C22H21FN6O3/c1-28-20(6-9-25-28)27-22-24-8-5-17(26-22)14-7-10-29(21(31)12-14)18(13-30)15-3-4-16(23)19(11-15)32-2/h3-12,18,30H,13H2,1-2H3,(H,24,26,27). The van der Waals surface area contributed by atoms with E-state index >= 15 is 0 Å². The van der Waals surface area contributed by atoms with E-state index in [1.807, 2.05) is 0 Å². The second-order valence-corrected chi connectivity index (χ2v) is 6.98. The molecular formula is C22H21FN6O3. The van der Waals surface area contributed by atoms with Crippen molar-refractivity contribution < 1.29 is 14.2 Å². The third-order valence-electron chi connectivity index (χ3n) is 5.03. The second kappa shape index (κ2) is 8.98. The molecule has 0 saturated carbocycles. The largest absolute Gasteiger partial charge is 0.494 e. The van der Waals surface area contributed by atoms with Gasteiger partial charge < -0.3 is 19.7 Å². The first kappa shape index (κ1) is 21.2. The van der Waals surface area contributed by atoms with Crippen molar-refractivity contribution in [3.8, 4) is 17.0 Å². The number of rotatable bonds is 7. The highest BCUT2D eigenvalue weighted by molar-refractivity contribution is 5.60. The first-order chi connectivity index (χ1) is 15.5. The van der Waals surface area contributed by atoms with Gasteiger partial charge in [0.2, 0.25) is 5.95 Å². The van der Waals surface area contributed by atoms with Crippen LogP contribution in [0.25, 0.3) is 11.3 Å². The number of ether oxygens (including phenoxy) is 1. The number of halogens is 1. The Hall–Kier alpha value is -4.05. The van der Waals surface area contributed by atoms with Gasteiger partial charge in [-0.05, 0) is 29.8 Å². The predicted octanol–water partition coefficient (Wildman–Crippen LogP) is 2.51. The SMILES string of the molecule is COc1cc(C(CO)n2ccc(-c3ccnc(Nc4ccnn4C)n3)cc2=O)ccc1F. The van der Waals surface area contributed by atoms with Crippen LogP contribution in [0.15, 0.2) is 65.8 Å². The molecule has 2 N–H and O–H groups in total. The zero-order chi connectivity index (χ0) is 22.7. The first-order valence-electron chi connectivity index (χ1n) is 9.75. The molecule has 3 heterocycles. The molecule has 0 aliphatic heterocycles. The first-order valence-corrected chi connectivity index (χ1v) is 9.75. The summed E-state index contributed by atoms with van der Waals surface area (Å²) in [5.41, 5.74) is 1.35. The fourth-order valence-corrected chi connectivity index (χ4v) is 3.33. The van der Waals surface area contributed by atoms with Gasteiger partial charge >= 0.3 is 0 Å². The highest BCUT2D eigenvalue weighted by Crippen LogP contribution is 2.25. The topological polar surface area (TPSA) is 107 Å². The molecule has 0 aliphatic carbocycles. The number of aromatic nitrogens is 5. The van der Waals surface area contributed by atoms with Crippen LogP contribution in [0, 0.1) is 5.82 Å². The zero-order valence-corrected chi connectivity index (χ0v) is 17.4. The van der Waals surface area contributed by atoms with Gasteiger partial charge in [0.1, 0.15) is 5.82 Å². The number of hydrogen-bond acceptors (Lipinski definition) is 7. The summed E-state index contributed by atoms with van der Waals surface area (Å²) in [5, 5.41) is 17.1. The average Bonchev–Trinajstić information content (AvgIpc) is 3.20. The number of aliphatic hydroxyl groups is 1. The molecule has 1 atom stereocenters. The van der Waals surface area contributed by atoms with E-state index in [-0.39, 0.29) is 17.9 Å². The van der Waals surface area contributed by atoms with Crippen LogP contribution in [0.2, 0.25) is 0 Å². The van der Waals surface area contributed by atoms with E-state index in [2.05, 4.69) is 20.4 Å². The lowest BCUT2D eigenvalue weighted by Gasteiger charge is -2.19. The number of pyridine rings is 1. The Balaban J connectivity index is 1.64. The minimum absolute atomic E-state index is 0.0417. The predicted molar refractivity (Wildman–Crippen MR) is 116 cm³/mol. The Morgan fingerprint density at radius 3 is 2.72 bits per heavy atom. The molecule has 9 nitrogen and oxygen atoms in total. The number of methoxy groups -OCH3 is 1. The lowest BCUT2D eigenvalue weighted by molar-refractivity contribution is 0.246. The van der Waals surface area contributed by atoms with Crippen LogP contribution < -0.4 is 15.6 Å². The van der Waals surface area contributed by atoms with E-state index < -0.39 is 11.9 Å². The Bertz CT molecular complexity index is 1300. The zero-order valence-electron chi connectivity index (χ0n) is 17.4. The molecule has 4 rings (SSSR count). The van der Waals surface area contributed by atoms with Gasteiger partial charge in [0, 0.05) is 37.1 Å². The molecule has 0 spiro atoms. The van der Waals surface area contributed by atoms with Crippen molar-refractivity contribution in [3.05, 3.63) is 82.8 Å². The van der Waals surface area contributed by atoms with Crippen LogP contribution >= 0.6 is 0 Å². The summed E-state index contributed by atoms with van der Waals surface area (Å²) in [6.07, 6.45) is 4.82. The number of anilines is 2. The molecule has 4 aromatic rings. The number of aliphatic hydroxyl groups excluding tert-OH is 1. The Morgan fingerprint density at radius 1 is 1.19 bits per heavy atom. The van der Waals surface area contributed by atoms with E-state index in [1.54, 1.807) is 48.5 Å². The molecule has 164 valence electrons. The molecule has 32 heavy (non-hydrogen) atoms. The van der Waals surface area contributed by atoms with E-state index in [1.165, 1.54) is 35.9 Å². The van der Waals surface area contributed by atoms with Gasteiger partial charge in [-0.1, -0.05) is 6.07 Å². The highest BCUT2D eigenvalue weighted by atomic mass is 19.1. The third kappa shape index (κ3) is 4.21. The number of benzene rings is 1. The molecule has 0 radical (unpaired) electrons. The summed E-state index contributed by atoms with van der Waals surface area (Å²) in [6.45, 7) is -0.347. The van der Waals surface area contributed by atoms with Crippen LogP contribution in [0.4, 0.5) is 16.2 Å². The molecule has 0 amide bonds.